The van der Waals surface area contributed by atoms with Gasteiger partial charge in [-0.05, 0) is 50.8 Å². The smallest absolute Gasteiger partial charge is 0.0644 e. The molecule has 0 amide bonds. The summed E-state index contributed by atoms with van der Waals surface area (Å²) in [5, 5.41) is 13.3. The Balaban J connectivity index is 1.55. The standard InChI is InChI=1S/C14H23N3O/c18-10-9-17-14(3-6-15-17)13-4-7-16(8-5-13)11-12-1-2-12/h3,6,12-13,18H,1-2,4-5,7-11H2. The average molecular weight is 249 g/mol. The molecular weight excluding hydrogens is 226 g/mol. The predicted octanol–water partition coefficient (Wildman–Crippen LogP) is 1.46. The van der Waals surface area contributed by atoms with Crippen LogP contribution in [0.1, 0.15) is 37.3 Å². The lowest BCUT2D eigenvalue weighted by atomic mass is 9.93. The summed E-state index contributed by atoms with van der Waals surface area (Å²) in [5.41, 5.74) is 1.31. The van der Waals surface area contributed by atoms with E-state index in [-0.39, 0.29) is 6.61 Å². The maximum absolute atomic E-state index is 9.04. The van der Waals surface area contributed by atoms with Crippen molar-refractivity contribution in [1.82, 2.24) is 14.7 Å². The zero-order chi connectivity index (χ0) is 12.4. The summed E-state index contributed by atoms with van der Waals surface area (Å²) < 4.78 is 1.97. The molecule has 18 heavy (non-hydrogen) atoms. The van der Waals surface area contributed by atoms with E-state index in [4.69, 9.17) is 5.11 Å². The summed E-state index contributed by atoms with van der Waals surface area (Å²) >= 11 is 0. The van der Waals surface area contributed by atoms with Gasteiger partial charge in [0, 0.05) is 24.4 Å². The van der Waals surface area contributed by atoms with E-state index in [0.717, 1.165) is 5.92 Å². The van der Waals surface area contributed by atoms with Gasteiger partial charge in [-0.25, -0.2) is 0 Å². The Bertz CT molecular complexity index is 378. The third-order valence-electron chi connectivity index (χ3n) is 4.28. The van der Waals surface area contributed by atoms with Gasteiger partial charge in [-0.3, -0.25) is 4.68 Å². The fraction of sp³-hybridized carbons (Fsp3) is 0.786. The Morgan fingerprint density at radius 1 is 1.22 bits per heavy atom. The third kappa shape index (κ3) is 2.75. The molecule has 0 radical (unpaired) electrons. The van der Waals surface area contributed by atoms with Crippen LogP contribution in [0.4, 0.5) is 0 Å². The molecule has 2 fully saturated rings. The quantitative estimate of drug-likeness (QED) is 0.859. The molecular formula is C14H23N3O. The molecule has 1 saturated heterocycles. The minimum atomic E-state index is 0.176. The summed E-state index contributed by atoms with van der Waals surface area (Å²) in [6.45, 7) is 4.58. The van der Waals surface area contributed by atoms with E-state index in [1.54, 1.807) is 0 Å². The first-order chi connectivity index (χ1) is 8.86. The molecule has 1 aromatic heterocycles. The fourth-order valence-electron chi connectivity index (χ4n) is 3.05. The molecule has 0 bridgehead atoms. The lowest BCUT2D eigenvalue weighted by Gasteiger charge is -2.32. The number of aromatic nitrogens is 2. The predicted molar refractivity (Wildman–Crippen MR) is 70.5 cm³/mol. The van der Waals surface area contributed by atoms with Gasteiger partial charge < -0.3 is 10.0 Å². The number of aliphatic hydroxyl groups is 1. The summed E-state index contributed by atoms with van der Waals surface area (Å²) in [7, 11) is 0. The van der Waals surface area contributed by atoms with Gasteiger partial charge in [0.25, 0.3) is 0 Å². The maximum atomic E-state index is 9.04. The molecule has 1 aliphatic carbocycles. The highest BCUT2D eigenvalue weighted by Gasteiger charge is 2.28. The van der Waals surface area contributed by atoms with Gasteiger partial charge in [0.2, 0.25) is 0 Å². The Kier molecular flexibility index (Phi) is 3.66. The molecule has 1 N–H and O–H groups in total. The second-order valence-corrected chi connectivity index (χ2v) is 5.72. The monoisotopic (exact) mass is 249 g/mol. The fourth-order valence-corrected chi connectivity index (χ4v) is 3.05. The van der Waals surface area contributed by atoms with E-state index in [0.29, 0.717) is 12.5 Å². The van der Waals surface area contributed by atoms with Crippen LogP contribution in [0.25, 0.3) is 0 Å². The van der Waals surface area contributed by atoms with Crippen molar-refractivity contribution in [3.63, 3.8) is 0 Å². The maximum Gasteiger partial charge on any atom is 0.0644 e. The van der Waals surface area contributed by atoms with Crippen LogP contribution in [0.5, 0.6) is 0 Å². The Hall–Kier alpha value is -0.870. The normalized spacial score (nSPS) is 22.5. The van der Waals surface area contributed by atoms with E-state index in [9.17, 15) is 0 Å². The van der Waals surface area contributed by atoms with Crippen LogP contribution in [0.3, 0.4) is 0 Å². The first kappa shape index (κ1) is 12.2. The van der Waals surface area contributed by atoms with Crippen molar-refractivity contribution in [2.45, 2.75) is 38.1 Å². The average Bonchev–Trinajstić information content (AvgIpc) is 3.08. The molecule has 0 atom stereocenters. The number of aliphatic hydroxyl groups excluding tert-OH is 1. The van der Waals surface area contributed by atoms with Gasteiger partial charge in [0.15, 0.2) is 0 Å². The van der Waals surface area contributed by atoms with Gasteiger partial charge in [-0.1, -0.05) is 0 Å². The van der Waals surface area contributed by atoms with Gasteiger partial charge in [0.1, 0.15) is 0 Å². The summed E-state index contributed by atoms with van der Waals surface area (Å²) in [4.78, 5) is 2.63. The number of nitrogens with zero attached hydrogens (tertiary/aromatic N) is 3. The van der Waals surface area contributed by atoms with E-state index in [2.05, 4.69) is 16.1 Å². The lowest BCUT2D eigenvalue weighted by molar-refractivity contribution is 0.199. The van der Waals surface area contributed by atoms with E-state index >= 15 is 0 Å². The highest BCUT2D eigenvalue weighted by Crippen LogP contribution is 2.33. The largest absolute Gasteiger partial charge is 0.394 e. The minimum Gasteiger partial charge on any atom is -0.394 e. The summed E-state index contributed by atoms with van der Waals surface area (Å²) in [6.07, 6.45) is 7.24. The highest BCUT2D eigenvalue weighted by atomic mass is 16.3. The lowest BCUT2D eigenvalue weighted by Crippen LogP contribution is -2.35. The van der Waals surface area contributed by atoms with Gasteiger partial charge in [-0.2, -0.15) is 5.10 Å². The number of hydrogen-bond acceptors (Lipinski definition) is 3. The Labute approximate surface area is 109 Å². The van der Waals surface area contributed by atoms with Crippen molar-refractivity contribution in [3.05, 3.63) is 18.0 Å². The van der Waals surface area contributed by atoms with Crippen molar-refractivity contribution in [3.8, 4) is 0 Å². The molecule has 2 aliphatic rings. The minimum absolute atomic E-state index is 0.176. The molecule has 1 aromatic rings. The molecule has 0 aromatic carbocycles. The van der Waals surface area contributed by atoms with Crippen LogP contribution in [0.2, 0.25) is 0 Å². The highest BCUT2D eigenvalue weighted by molar-refractivity contribution is 5.09. The van der Waals surface area contributed by atoms with Crippen LogP contribution in [0, 0.1) is 5.92 Å². The zero-order valence-electron chi connectivity index (χ0n) is 11.0. The number of likely N-dealkylation sites (tertiary alicyclic amines) is 1. The van der Waals surface area contributed by atoms with Crippen LogP contribution >= 0.6 is 0 Å². The van der Waals surface area contributed by atoms with Crippen molar-refractivity contribution >= 4 is 0 Å². The Morgan fingerprint density at radius 3 is 2.67 bits per heavy atom. The molecule has 1 aliphatic heterocycles. The van der Waals surface area contributed by atoms with Gasteiger partial charge in [-0.15, -0.1) is 0 Å². The Morgan fingerprint density at radius 2 is 2.00 bits per heavy atom. The SMILES string of the molecule is OCCn1nccc1C1CCN(CC2CC2)CC1. The van der Waals surface area contributed by atoms with Crippen molar-refractivity contribution in [1.29, 1.82) is 0 Å². The van der Waals surface area contributed by atoms with Crippen LogP contribution in [0.15, 0.2) is 12.3 Å². The molecule has 3 rings (SSSR count). The molecule has 4 nitrogen and oxygen atoms in total. The van der Waals surface area contributed by atoms with E-state index in [1.165, 1.54) is 51.0 Å². The second kappa shape index (κ2) is 5.41. The number of piperidine rings is 1. The van der Waals surface area contributed by atoms with Crippen molar-refractivity contribution in [2.24, 2.45) is 5.92 Å². The second-order valence-electron chi connectivity index (χ2n) is 5.72. The van der Waals surface area contributed by atoms with Crippen LogP contribution < -0.4 is 0 Å². The molecule has 4 heteroatoms. The third-order valence-corrected chi connectivity index (χ3v) is 4.28. The number of rotatable bonds is 5. The van der Waals surface area contributed by atoms with E-state index in [1.807, 2.05) is 10.9 Å². The first-order valence-electron chi connectivity index (χ1n) is 7.21. The topological polar surface area (TPSA) is 41.3 Å². The van der Waals surface area contributed by atoms with Crippen molar-refractivity contribution < 1.29 is 5.11 Å². The number of hydrogen-bond donors (Lipinski definition) is 1. The zero-order valence-corrected chi connectivity index (χ0v) is 11.0. The summed E-state index contributed by atoms with van der Waals surface area (Å²) in [6, 6.07) is 2.12. The van der Waals surface area contributed by atoms with Crippen LogP contribution in [-0.2, 0) is 6.54 Å². The van der Waals surface area contributed by atoms with E-state index < -0.39 is 0 Å². The summed E-state index contributed by atoms with van der Waals surface area (Å²) in [5.74, 6) is 1.64. The van der Waals surface area contributed by atoms with Crippen LogP contribution in [-0.4, -0.2) is 46.0 Å². The van der Waals surface area contributed by atoms with Crippen molar-refractivity contribution in [2.75, 3.05) is 26.2 Å². The van der Waals surface area contributed by atoms with Gasteiger partial charge >= 0.3 is 0 Å². The molecule has 0 spiro atoms. The first-order valence-corrected chi connectivity index (χ1v) is 7.21. The molecule has 2 heterocycles. The molecule has 100 valence electrons. The van der Waals surface area contributed by atoms with Gasteiger partial charge in [0.05, 0.1) is 13.2 Å². The molecule has 0 unspecified atom stereocenters. The molecule has 1 saturated carbocycles.